The fourth-order valence-electron chi connectivity index (χ4n) is 3.45. The molecule has 1 atom stereocenters. The molecule has 0 fully saturated rings. The number of para-hydroxylation sites is 2. The van der Waals surface area contributed by atoms with Crippen LogP contribution in [0.1, 0.15) is 21.5 Å². The maximum Gasteiger partial charge on any atom is 0.254 e. The Hall–Kier alpha value is -3.27. The van der Waals surface area contributed by atoms with Gasteiger partial charge in [-0.2, -0.15) is 0 Å². The first-order valence-corrected chi connectivity index (χ1v) is 9.46. The van der Waals surface area contributed by atoms with E-state index in [1.807, 2.05) is 73.8 Å². The smallest absolute Gasteiger partial charge is 0.254 e. The van der Waals surface area contributed by atoms with Gasteiger partial charge in [0.1, 0.15) is 6.61 Å². The van der Waals surface area contributed by atoms with Crippen LogP contribution in [-0.4, -0.2) is 37.1 Å². The summed E-state index contributed by atoms with van der Waals surface area (Å²) in [5.41, 5.74) is 2.94. The van der Waals surface area contributed by atoms with Crippen molar-refractivity contribution in [1.29, 1.82) is 0 Å². The average molecular weight is 373 g/mol. The number of carbonyl (C=O) groups excluding carboxylic acids is 1. The standard InChI is InChI=1S/C24H23NO3/c1-25(16-20-17-27-22-13-7-8-14-23(22)28-20)24(26)21-12-6-5-11-19(21)15-18-9-3-2-4-10-18/h2-14,20H,15-17H2,1H3. The molecule has 4 rings (SSSR count). The molecule has 3 aromatic carbocycles. The molecule has 1 heterocycles. The zero-order chi connectivity index (χ0) is 19.3. The molecule has 0 saturated heterocycles. The number of amides is 1. The Morgan fingerprint density at radius 1 is 0.929 bits per heavy atom. The minimum absolute atomic E-state index is 0.00557. The Bertz CT molecular complexity index is 955. The second-order valence-corrected chi connectivity index (χ2v) is 7.00. The summed E-state index contributed by atoms with van der Waals surface area (Å²) in [5, 5.41) is 0. The largest absolute Gasteiger partial charge is 0.486 e. The van der Waals surface area contributed by atoms with E-state index in [9.17, 15) is 4.79 Å². The van der Waals surface area contributed by atoms with E-state index in [1.54, 1.807) is 4.90 Å². The molecule has 0 aliphatic carbocycles. The van der Waals surface area contributed by atoms with Crippen LogP contribution in [0.2, 0.25) is 0 Å². The van der Waals surface area contributed by atoms with Crippen molar-refractivity contribution in [1.82, 2.24) is 4.90 Å². The molecule has 4 nitrogen and oxygen atoms in total. The van der Waals surface area contributed by atoms with E-state index in [2.05, 4.69) is 12.1 Å². The summed E-state index contributed by atoms with van der Waals surface area (Å²) in [6.45, 7) is 0.896. The number of benzene rings is 3. The van der Waals surface area contributed by atoms with Gasteiger partial charge in [0.2, 0.25) is 0 Å². The molecule has 0 N–H and O–H groups in total. The Morgan fingerprint density at radius 2 is 1.61 bits per heavy atom. The monoisotopic (exact) mass is 373 g/mol. The van der Waals surface area contributed by atoms with Crippen LogP contribution in [0.3, 0.4) is 0 Å². The summed E-state index contributed by atoms with van der Waals surface area (Å²) >= 11 is 0. The lowest BCUT2D eigenvalue weighted by Crippen LogP contribution is -2.42. The first kappa shape index (κ1) is 18.1. The van der Waals surface area contributed by atoms with Crippen molar-refractivity contribution in [2.75, 3.05) is 20.2 Å². The summed E-state index contributed by atoms with van der Waals surface area (Å²) in [6.07, 6.45) is 0.539. The van der Waals surface area contributed by atoms with Crippen LogP contribution < -0.4 is 9.47 Å². The zero-order valence-corrected chi connectivity index (χ0v) is 15.9. The van der Waals surface area contributed by atoms with Crippen LogP contribution in [-0.2, 0) is 6.42 Å². The quantitative estimate of drug-likeness (QED) is 0.673. The van der Waals surface area contributed by atoms with Crippen molar-refractivity contribution in [2.24, 2.45) is 0 Å². The van der Waals surface area contributed by atoms with Gasteiger partial charge < -0.3 is 14.4 Å². The third-order valence-corrected chi connectivity index (χ3v) is 4.88. The van der Waals surface area contributed by atoms with Crippen LogP contribution in [0.4, 0.5) is 0 Å². The summed E-state index contributed by atoms with van der Waals surface area (Å²) in [4.78, 5) is 14.8. The first-order chi connectivity index (χ1) is 13.7. The number of fused-ring (bicyclic) bond motifs is 1. The van der Waals surface area contributed by atoms with Crippen molar-refractivity contribution in [2.45, 2.75) is 12.5 Å². The van der Waals surface area contributed by atoms with Crippen LogP contribution in [0.15, 0.2) is 78.9 Å². The van der Waals surface area contributed by atoms with Gasteiger partial charge in [0, 0.05) is 12.6 Å². The van der Waals surface area contributed by atoms with Crippen LogP contribution in [0.25, 0.3) is 0 Å². The van der Waals surface area contributed by atoms with Gasteiger partial charge in [-0.3, -0.25) is 4.79 Å². The molecular weight excluding hydrogens is 350 g/mol. The van der Waals surface area contributed by atoms with Crippen LogP contribution in [0, 0.1) is 0 Å². The van der Waals surface area contributed by atoms with E-state index >= 15 is 0 Å². The summed E-state index contributed by atoms with van der Waals surface area (Å²) < 4.78 is 11.8. The van der Waals surface area contributed by atoms with Crippen molar-refractivity contribution < 1.29 is 14.3 Å². The first-order valence-electron chi connectivity index (χ1n) is 9.46. The number of likely N-dealkylation sites (N-methyl/N-ethyl adjacent to an activating group) is 1. The number of hydrogen-bond donors (Lipinski definition) is 0. The lowest BCUT2D eigenvalue weighted by atomic mass is 9.99. The Morgan fingerprint density at radius 3 is 2.43 bits per heavy atom. The molecule has 1 aliphatic heterocycles. The minimum atomic E-state index is -0.190. The molecule has 0 aromatic heterocycles. The third-order valence-electron chi connectivity index (χ3n) is 4.88. The number of carbonyl (C=O) groups is 1. The van der Waals surface area contributed by atoms with Gasteiger partial charge in [-0.25, -0.2) is 0 Å². The molecule has 4 heteroatoms. The Kier molecular flexibility index (Phi) is 5.29. The lowest BCUT2D eigenvalue weighted by Gasteiger charge is -2.30. The van der Waals surface area contributed by atoms with E-state index in [-0.39, 0.29) is 12.0 Å². The second kappa shape index (κ2) is 8.17. The molecule has 1 aliphatic rings. The van der Waals surface area contributed by atoms with Gasteiger partial charge in [-0.1, -0.05) is 60.7 Å². The number of nitrogens with zero attached hydrogens (tertiary/aromatic N) is 1. The molecule has 142 valence electrons. The van der Waals surface area contributed by atoms with Gasteiger partial charge in [-0.05, 0) is 35.7 Å². The van der Waals surface area contributed by atoms with E-state index in [0.717, 1.165) is 29.0 Å². The number of ether oxygens (including phenoxy) is 2. The topological polar surface area (TPSA) is 38.8 Å². The SMILES string of the molecule is CN(CC1COc2ccccc2O1)C(=O)c1ccccc1Cc1ccccc1. The molecule has 1 amide bonds. The third kappa shape index (κ3) is 4.01. The molecule has 0 spiro atoms. The van der Waals surface area contributed by atoms with E-state index < -0.39 is 0 Å². The summed E-state index contributed by atoms with van der Waals surface area (Å²) in [5.74, 6) is 1.47. The molecular formula is C24H23NO3. The highest BCUT2D eigenvalue weighted by Crippen LogP contribution is 2.31. The zero-order valence-electron chi connectivity index (χ0n) is 15.9. The van der Waals surface area contributed by atoms with Crippen molar-refractivity contribution in [3.63, 3.8) is 0 Å². The van der Waals surface area contributed by atoms with E-state index in [4.69, 9.17) is 9.47 Å². The molecule has 0 saturated carbocycles. The molecule has 0 radical (unpaired) electrons. The normalized spacial score (nSPS) is 15.1. The highest BCUT2D eigenvalue weighted by Gasteiger charge is 2.25. The predicted octanol–water partition coefficient (Wildman–Crippen LogP) is 4.19. The van der Waals surface area contributed by atoms with Crippen molar-refractivity contribution >= 4 is 5.91 Å². The van der Waals surface area contributed by atoms with Crippen LogP contribution >= 0.6 is 0 Å². The van der Waals surface area contributed by atoms with Gasteiger partial charge in [-0.15, -0.1) is 0 Å². The Balaban J connectivity index is 1.46. The maximum atomic E-state index is 13.1. The Labute approximate surface area is 165 Å². The maximum absolute atomic E-state index is 13.1. The van der Waals surface area contributed by atoms with Gasteiger partial charge in [0.15, 0.2) is 17.6 Å². The molecule has 1 unspecified atom stereocenters. The van der Waals surface area contributed by atoms with E-state index in [0.29, 0.717) is 13.2 Å². The average Bonchev–Trinajstić information content (AvgIpc) is 2.74. The minimum Gasteiger partial charge on any atom is -0.486 e. The van der Waals surface area contributed by atoms with Crippen molar-refractivity contribution in [3.05, 3.63) is 95.6 Å². The number of rotatable bonds is 5. The van der Waals surface area contributed by atoms with Crippen LogP contribution in [0.5, 0.6) is 11.5 Å². The highest BCUT2D eigenvalue weighted by atomic mass is 16.6. The second-order valence-electron chi connectivity index (χ2n) is 7.00. The molecule has 0 bridgehead atoms. The summed E-state index contributed by atoms with van der Waals surface area (Å²) in [6, 6.07) is 25.6. The lowest BCUT2D eigenvalue weighted by molar-refractivity contribution is 0.0520. The van der Waals surface area contributed by atoms with Crippen molar-refractivity contribution in [3.8, 4) is 11.5 Å². The van der Waals surface area contributed by atoms with Gasteiger partial charge >= 0.3 is 0 Å². The van der Waals surface area contributed by atoms with Gasteiger partial charge in [0.05, 0.1) is 6.54 Å². The fraction of sp³-hybridized carbons (Fsp3) is 0.208. The summed E-state index contributed by atoms with van der Waals surface area (Å²) in [7, 11) is 1.81. The fourth-order valence-corrected chi connectivity index (χ4v) is 3.45. The van der Waals surface area contributed by atoms with E-state index in [1.165, 1.54) is 5.56 Å². The van der Waals surface area contributed by atoms with Gasteiger partial charge in [0.25, 0.3) is 5.91 Å². The predicted molar refractivity (Wildman–Crippen MR) is 109 cm³/mol. The number of hydrogen-bond acceptors (Lipinski definition) is 3. The molecule has 28 heavy (non-hydrogen) atoms. The molecule has 3 aromatic rings. The highest BCUT2D eigenvalue weighted by molar-refractivity contribution is 5.95.